The number of rotatable bonds is 1. The largest absolute Gasteiger partial charge is 0.511 e. The molecule has 0 aliphatic carbocycles. The SMILES string of the molecule is Cc1cc(Br)c2c(c1)C=C(OC(=O)O)C(C(F)(F)F)O2. The molecule has 1 aromatic rings. The smallest absolute Gasteiger partial charge is 0.471 e. The first kappa shape index (κ1) is 14.7. The highest BCUT2D eigenvalue weighted by atomic mass is 79.9. The van der Waals surface area contributed by atoms with Crippen LogP contribution in [0.25, 0.3) is 6.08 Å². The highest BCUT2D eigenvalue weighted by Gasteiger charge is 2.48. The van der Waals surface area contributed by atoms with E-state index >= 15 is 0 Å². The van der Waals surface area contributed by atoms with Crippen LogP contribution < -0.4 is 4.74 Å². The molecule has 0 saturated carbocycles. The lowest BCUT2D eigenvalue weighted by Crippen LogP contribution is -2.39. The molecule has 1 N–H and O–H groups in total. The van der Waals surface area contributed by atoms with E-state index in [1.807, 2.05) is 0 Å². The van der Waals surface area contributed by atoms with E-state index in [0.29, 0.717) is 10.0 Å². The fourth-order valence-corrected chi connectivity index (χ4v) is 2.49. The van der Waals surface area contributed by atoms with Crippen LogP contribution in [0.1, 0.15) is 11.1 Å². The summed E-state index contributed by atoms with van der Waals surface area (Å²) in [4.78, 5) is 10.5. The van der Waals surface area contributed by atoms with Crippen molar-refractivity contribution in [2.45, 2.75) is 19.2 Å². The summed E-state index contributed by atoms with van der Waals surface area (Å²) < 4.78 is 48.1. The van der Waals surface area contributed by atoms with Crippen molar-refractivity contribution < 1.29 is 32.5 Å². The highest BCUT2D eigenvalue weighted by Crippen LogP contribution is 2.41. The zero-order chi connectivity index (χ0) is 15.1. The van der Waals surface area contributed by atoms with Gasteiger partial charge in [-0.05, 0) is 46.6 Å². The van der Waals surface area contributed by atoms with Gasteiger partial charge < -0.3 is 14.6 Å². The minimum absolute atomic E-state index is 0.00402. The molecule has 1 aliphatic rings. The molecular weight excluding hydrogens is 345 g/mol. The van der Waals surface area contributed by atoms with Gasteiger partial charge in [0.2, 0.25) is 0 Å². The quantitative estimate of drug-likeness (QED) is 0.772. The Balaban J connectivity index is 2.53. The Kier molecular flexibility index (Phi) is 3.68. The second-order valence-electron chi connectivity index (χ2n) is 4.12. The Morgan fingerprint density at radius 3 is 2.65 bits per heavy atom. The van der Waals surface area contributed by atoms with E-state index in [1.54, 1.807) is 19.1 Å². The van der Waals surface area contributed by atoms with Crippen LogP contribution in [-0.4, -0.2) is 23.5 Å². The molecule has 20 heavy (non-hydrogen) atoms. The first-order valence-corrected chi connectivity index (χ1v) is 6.13. The number of aryl methyl sites for hydroxylation is 1. The normalized spacial score (nSPS) is 17.9. The third-order valence-corrected chi connectivity index (χ3v) is 3.10. The summed E-state index contributed by atoms with van der Waals surface area (Å²) in [5.74, 6) is -0.814. The molecule has 0 saturated heterocycles. The lowest BCUT2D eigenvalue weighted by molar-refractivity contribution is -0.191. The van der Waals surface area contributed by atoms with Crippen LogP contribution in [0, 0.1) is 6.92 Å². The summed E-state index contributed by atoms with van der Waals surface area (Å²) in [6.07, 6.45) is -8.05. The second-order valence-corrected chi connectivity index (χ2v) is 4.97. The fraction of sp³-hybridized carbons (Fsp3) is 0.250. The van der Waals surface area contributed by atoms with E-state index in [2.05, 4.69) is 20.7 Å². The Morgan fingerprint density at radius 2 is 2.10 bits per heavy atom. The van der Waals surface area contributed by atoms with Gasteiger partial charge in [-0.1, -0.05) is 0 Å². The third-order valence-electron chi connectivity index (χ3n) is 2.51. The first-order chi connectivity index (χ1) is 9.18. The van der Waals surface area contributed by atoms with Crippen molar-refractivity contribution in [2.75, 3.05) is 0 Å². The van der Waals surface area contributed by atoms with Gasteiger partial charge in [0.15, 0.2) is 5.76 Å². The monoisotopic (exact) mass is 352 g/mol. The van der Waals surface area contributed by atoms with Crippen molar-refractivity contribution in [1.29, 1.82) is 0 Å². The molecule has 0 aromatic heterocycles. The molecule has 1 atom stereocenters. The minimum Gasteiger partial charge on any atom is -0.471 e. The average Bonchev–Trinajstić information content (AvgIpc) is 2.25. The van der Waals surface area contributed by atoms with Crippen molar-refractivity contribution in [2.24, 2.45) is 0 Å². The maximum Gasteiger partial charge on any atom is 0.511 e. The molecule has 0 radical (unpaired) electrons. The number of ether oxygens (including phenoxy) is 2. The fourth-order valence-electron chi connectivity index (χ4n) is 1.80. The Bertz CT molecular complexity index is 595. The third kappa shape index (κ3) is 2.90. The van der Waals surface area contributed by atoms with Crippen LogP contribution in [0.4, 0.5) is 18.0 Å². The topological polar surface area (TPSA) is 55.8 Å². The van der Waals surface area contributed by atoms with E-state index in [1.165, 1.54) is 0 Å². The summed E-state index contributed by atoms with van der Waals surface area (Å²) in [5.41, 5.74) is 1.09. The van der Waals surface area contributed by atoms with E-state index in [0.717, 1.165) is 11.6 Å². The molecule has 0 spiro atoms. The van der Waals surface area contributed by atoms with Crippen molar-refractivity contribution in [3.63, 3.8) is 0 Å². The lowest BCUT2D eigenvalue weighted by atomic mass is 10.1. The van der Waals surface area contributed by atoms with Crippen molar-refractivity contribution in [1.82, 2.24) is 0 Å². The molecule has 8 heteroatoms. The molecule has 0 amide bonds. The average molecular weight is 353 g/mol. The Labute approximate surface area is 119 Å². The molecule has 4 nitrogen and oxygen atoms in total. The summed E-state index contributed by atoms with van der Waals surface area (Å²) >= 11 is 3.12. The molecule has 0 fully saturated rings. The molecule has 0 bridgehead atoms. The summed E-state index contributed by atoms with van der Waals surface area (Å²) in [6, 6.07) is 3.17. The zero-order valence-electron chi connectivity index (χ0n) is 9.99. The van der Waals surface area contributed by atoms with Crippen LogP contribution in [0.2, 0.25) is 0 Å². The van der Waals surface area contributed by atoms with E-state index < -0.39 is 24.2 Å². The summed E-state index contributed by atoms with van der Waals surface area (Å²) in [7, 11) is 0. The van der Waals surface area contributed by atoms with Gasteiger partial charge in [-0.3, -0.25) is 0 Å². The van der Waals surface area contributed by atoms with Crippen molar-refractivity contribution in [3.05, 3.63) is 33.5 Å². The van der Waals surface area contributed by atoms with E-state index in [4.69, 9.17) is 9.84 Å². The maximum absolute atomic E-state index is 12.9. The molecular formula is C12H8BrF3O4. The molecule has 1 aromatic carbocycles. The lowest BCUT2D eigenvalue weighted by Gasteiger charge is -2.28. The summed E-state index contributed by atoms with van der Waals surface area (Å²) in [5, 5.41) is 8.51. The van der Waals surface area contributed by atoms with Gasteiger partial charge in [-0.25, -0.2) is 4.79 Å². The number of carbonyl (C=O) groups is 1. The molecule has 2 rings (SSSR count). The first-order valence-electron chi connectivity index (χ1n) is 5.34. The van der Waals surface area contributed by atoms with Gasteiger partial charge in [-0.2, -0.15) is 13.2 Å². The number of fused-ring (bicyclic) bond motifs is 1. The van der Waals surface area contributed by atoms with Gasteiger partial charge in [0.05, 0.1) is 4.47 Å². The Morgan fingerprint density at radius 1 is 1.45 bits per heavy atom. The van der Waals surface area contributed by atoms with E-state index in [9.17, 15) is 18.0 Å². The van der Waals surface area contributed by atoms with Gasteiger partial charge in [0.25, 0.3) is 6.10 Å². The predicted octanol–water partition coefficient (Wildman–Crippen LogP) is 4.12. The van der Waals surface area contributed by atoms with Crippen LogP contribution in [-0.2, 0) is 4.74 Å². The van der Waals surface area contributed by atoms with Gasteiger partial charge in [0, 0.05) is 5.56 Å². The Hall–Kier alpha value is -1.70. The molecule has 108 valence electrons. The molecule has 1 aliphatic heterocycles. The van der Waals surface area contributed by atoms with E-state index in [-0.39, 0.29) is 5.75 Å². The number of carboxylic acid groups (broad SMARTS) is 1. The maximum atomic E-state index is 12.9. The number of hydrogen-bond donors (Lipinski definition) is 1. The van der Waals surface area contributed by atoms with Gasteiger partial charge in [0.1, 0.15) is 5.75 Å². The second kappa shape index (κ2) is 5.01. The summed E-state index contributed by atoms with van der Waals surface area (Å²) in [6.45, 7) is 1.74. The predicted molar refractivity (Wildman–Crippen MR) is 66.4 cm³/mol. The highest BCUT2D eigenvalue weighted by molar-refractivity contribution is 9.10. The number of benzene rings is 1. The zero-order valence-corrected chi connectivity index (χ0v) is 11.6. The number of halogens is 4. The molecule has 1 unspecified atom stereocenters. The van der Waals surface area contributed by atoms with Gasteiger partial charge in [-0.15, -0.1) is 0 Å². The van der Waals surface area contributed by atoms with Crippen LogP contribution in [0.3, 0.4) is 0 Å². The van der Waals surface area contributed by atoms with Crippen LogP contribution >= 0.6 is 15.9 Å². The minimum atomic E-state index is -4.79. The van der Waals surface area contributed by atoms with Crippen LogP contribution in [0.15, 0.2) is 22.4 Å². The number of hydrogen-bond acceptors (Lipinski definition) is 3. The standard InChI is InChI=1S/C12H8BrF3O4/c1-5-2-6-4-8(19-11(17)18)10(12(14,15)16)20-9(6)7(13)3-5/h2-4,10H,1H3,(H,17,18). The molecule has 1 heterocycles. The number of alkyl halides is 3. The van der Waals surface area contributed by atoms with Crippen molar-refractivity contribution >= 4 is 28.2 Å². The van der Waals surface area contributed by atoms with Crippen LogP contribution in [0.5, 0.6) is 5.75 Å². The van der Waals surface area contributed by atoms with Gasteiger partial charge >= 0.3 is 12.3 Å². The van der Waals surface area contributed by atoms with Crippen molar-refractivity contribution in [3.8, 4) is 5.75 Å².